The fraction of sp³-hybridized carbons (Fsp3) is 0.467. The van der Waals surface area contributed by atoms with Crippen molar-refractivity contribution >= 4 is 16.9 Å². The van der Waals surface area contributed by atoms with Crippen LogP contribution in [0.5, 0.6) is 0 Å². The van der Waals surface area contributed by atoms with Gasteiger partial charge in [0.15, 0.2) is 5.58 Å². The molecule has 2 aromatic rings. The molecule has 106 valence electrons. The number of amides is 1. The summed E-state index contributed by atoms with van der Waals surface area (Å²) in [5.41, 5.74) is 0.600. The van der Waals surface area contributed by atoms with Crippen molar-refractivity contribution in [2.75, 3.05) is 6.54 Å². The van der Waals surface area contributed by atoms with Gasteiger partial charge in [-0.1, -0.05) is 30.1 Å². The maximum Gasteiger partial charge on any atom is 0.226 e. The molecule has 0 bridgehead atoms. The summed E-state index contributed by atoms with van der Waals surface area (Å²) in [6.07, 6.45) is 3.76. The van der Waals surface area contributed by atoms with Gasteiger partial charge < -0.3 is 14.9 Å². The van der Waals surface area contributed by atoms with E-state index < -0.39 is 5.60 Å². The van der Waals surface area contributed by atoms with Gasteiger partial charge in [-0.05, 0) is 25.0 Å². The van der Waals surface area contributed by atoms with Crippen molar-refractivity contribution in [3.8, 4) is 0 Å². The Labute approximate surface area is 116 Å². The lowest BCUT2D eigenvalue weighted by molar-refractivity contribution is -0.121. The van der Waals surface area contributed by atoms with Crippen LogP contribution in [0.4, 0.5) is 0 Å². The molecule has 1 saturated carbocycles. The Hall–Kier alpha value is -1.88. The fourth-order valence-corrected chi connectivity index (χ4v) is 2.75. The highest BCUT2D eigenvalue weighted by atomic mass is 16.5. The zero-order chi connectivity index (χ0) is 14.0. The average Bonchev–Trinajstić information content (AvgIpc) is 3.05. The second kappa shape index (κ2) is 5.25. The van der Waals surface area contributed by atoms with Crippen LogP contribution in [-0.2, 0) is 11.2 Å². The molecule has 5 heteroatoms. The zero-order valence-corrected chi connectivity index (χ0v) is 11.3. The van der Waals surface area contributed by atoms with Gasteiger partial charge in [0.25, 0.3) is 0 Å². The van der Waals surface area contributed by atoms with Crippen LogP contribution in [0.25, 0.3) is 11.0 Å². The van der Waals surface area contributed by atoms with Gasteiger partial charge in [-0.3, -0.25) is 4.79 Å². The normalized spacial score (nSPS) is 17.4. The molecule has 5 nitrogen and oxygen atoms in total. The Bertz CT molecular complexity index is 614. The number of carbonyl (C=O) groups is 1. The van der Waals surface area contributed by atoms with E-state index in [1.165, 1.54) is 0 Å². The Morgan fingerprint density at radius 2 is 2.10 bits per heavy atom. The summed E-state index contributed by atoms with van der Waals surface area (Å²) < 4.78 is 5.17. The van der Waals surface area contributed by atoms with E-state index in [-0.39, 0.29) is 12.3 Å². The largest absolute Gasteiger partial charge is 0.388 e. The average molecular weight is 274 g/mol. The number of hydrogen-bond acceptors (Lipinski definition) is 4. The molecule has 0 radical (unpaired) electrons. The first-order chi connectivity index (χ1) is 9.66. The lowest BCUT2D eigenvalue weighted by atomic mass is 10.0. The van der Waals surface area contributed by atoms with Gasteiger partial charge in [0.2, 0.25) is 5.91 Å². The molecule has 0 unspecified atom stereocenters. The lowest BCUT2D eigenvalue weighted by Gasteiger charge is -2.22. The topological polar surface area (TPSA) is 75.4 Å². The van der Waals surface area contributed by atoms with Crippen molar-refractivity contribution in [3.05, 3.63) is 30.0 Å². The second-order valence-corrected chi connectivity index (χ2v) is 5.51. The van der Waals surface area contributed by atoms with Gasteiger partial charge in [-0.15, -0.1) is 0 Å². The highest BCUT2D eigenvalue weighted by molar-refractivity contribution is 5.86. The SMILES string of the molecule is O=C(Cc1noc2ccccc12)NCC1(O)CCCC1. The van der Waals surface area contributed by atoms with Crippen LogP contribution in [0, 0.1) is 0 Å². The van der Waals surface area contributed by atoms with E-state index in [0.717, 1.165) is 31.1 Å². The van der Waals surface area contributed by atoms with Crippen LogP contribution in [0.1, 0.15) is 31.4 Å². The predicted molar refractivity (Wildman–Crippen MR) is 74.1 cm³/mol. The maximum absolute atomic E-state index is 11.9. The number of para-hydroxylation sites is 1. The number of carbonyl (C=O) groups excluding carboxylic acids is 1. The standard InChI is InChI=1S/C15H18N2O3/c18-14(16-10-15(19)7-3-4-8-15)9-12-11-5-1-2-6-13(11)20-17-12/h1-2,5-6,19H,3-4,7-10H2,(H,16,18). The van der Waals surface area contributed by atoms with Crippen molar-refractivity contribution in [2.45, 2.75) is 37.7 Å². The van der Waals surface area contributed by atoms with Crippen LogP contribution in [0.2, 0.25) is 0 Å². The molecule has 20 heavy (non-hydrogen) atoms. The van der Waals surface area contributed by atoms with Crippen molar-refractivity contribution < 1.29 is 14.4 Å². The molecule has 1 aliphatic rings. The van der Waals surface area contributed by atoms with E-state index in [1.807, 2.05) is 24.3 Å². The summed E-state index contributed by atoms with van der Waals surface area (Å²) in [4.78, 5) is 11.9. The highest BCUT2D eigenvalue weighted by Crippen LogP contribution is 2.28. The molecule has 1 amide bonds. The Balaban J connectivity index is 1.61. The van der Waals surface area contributed by atoms with Gasteiger partial charge in [0, 0.05) is 11.9 Å². The molecule has 1 fully saturated rings. The van der Waals surface area contributed by atoms with Gasteiger partial charge in [0.05, 0.1) is 12.0 Å². The molecule has 3 rings (SSSR count). The third-order valence-electron chi connectivity index (χ3n) is 3.93. The summed E-state index contributed by atoms with van der Waals surface area (Å²) in [5.74, 6) is -0.135. The highest BCUT2D eigenvalue weighted by Gasteiger charge is 2.31. The minimum Gasteiger partial charge on any atom is -0.388 e. The number of aliphatic hydroxyl groups is 1. The van der Waals surface area contributed by atoms with E-state index in [2.05, 4.69) is 10.5 Å². The van der Waals surface area contributed by atoms with Crippen molar-refractivity contribution in [2.24, 2.45) is 0 Å². The Kier molecular flexibility index (Phi) is 3.44. The van der Waals surface area contributed by atoms with Gasteiger partial charge in [0.1, 0.15) is 5.69 Å². The number of rotatable bonds is 4. The van der Waals surface area contributed by atoms with Gasteiger partial charge in [-0.2, -0.15) is 0 Å². The van der Waals surface area contributed by atoms with E-state index in [9.17, 15) is 9.90 Å². The molecule has 0 spiro atoms. The van der Waals surface area contributed by atoms with E-state index >= 15 is 0 Å². The molecule has 1 heterocycles. The second-order valence-electron chi connectivity index (χ2n) is 5.51. The van der Waals surface area contributed by atoms with Crippen molar-refractivity contribution in [1.82, 2.24) is 10.5 Å². The van der Waals surface area contributed by atoms with Crippen LogP contribution in [-0.4, -0.2) is 28.3 Å². The number of hydrogen-bond donors (Lipinski definition) is 2. The van der Waals surface area contributed by atoms with Crippen molar-refractivity contribution in [3.63, 3.8) is 0 Å². The Morgan fingerprint density at radius 3 is 2.90 bits per heavy atom. The molecule has 2 N–H and O–H groups in total. The first-order valence-electron chi connectivity index (χ1n) is 6.99. The lowest BCUT2D eigenvalue weighted by Crippen LogP contribution is -2.41. The molecule has 1 aliphatic carbocycles. The number of fused-ring (bicyclic) bond motifs is 1. The predicted octanol–water partition coefficient (Wildman–Crippen LogP) is 1.79. The molecule has 1 aromatic carbocycles. The fourth-order valence-electron chi connectivity index (χ4n) is 2.75. The first-order valence-corrected chi connectivity index (χ1v) is 6.99. The number of benzene rings is 1. The third-order valence-corrected chi connectivity index (χ3v) is 3.93. The smallest absolute Gasteiger partial charge is 0.226 e. The molecule has 0 atom stereocenters. The molecular weight excluding hydrogens is 256 g/mol. The summed E-state index contributed by atoms with van der Waals surface area (Å²) in [6, 6.07) is 7.47. The van der Waals surface area contributed by atoms with Crippen LogP contribution in [0.15, 0.2) is 28.8 Å². The van der Waals surface area contributed by atoms with E-state index in [0.29, 0.717) is 17.8 Å². The summed E-state index contributed by atoms with van der Waals surface area (Å²) in [6.45, 7) is 0.321. The van der Waals surface area contributed by atoms with E-state index in [1.54, 1.807) is 0 Å². The van der Waals surface area contributed by atoms with Gasteiger partial charge in [-0.25, -0.2) is 0 Å². The number of aromatic nitrogens is 1. The minimum absolute atomic E-state index is 0.135. The quantitative estimate of drug-likeness (QED) is 0.891. The minimum atomic E-state index is -0.721. The monoisotopic (exact) mass is 274 g/mol. The molecule has 0 saturated heterocycles. The third kappa shape index (κ3) is 2.67. The summed E-state index contributed by atoms with van der Waals surface area (Å²) >= 11 is 0. The zero-order valence-electron chi connectivity index (χ0n) is 11.3. The van der Waals surface area contributed by atoms with Gasteiger partial charge >= 0.3 is 0 Å². The van der Waals surface area contributed by atoms with Crippen LogP contribution < -0.4 is 5.32 Å². The van der Waals surface area contributed by atoms with Crippen LogP contribution in [0.3, 0.4) is 0 Å². The molecular formula is C15H18N2O3. The molecule has 0 aliphatic heterocycles. The molecule has 1 aromatic heterocycles. The summed E-state index contributed by atoms with van der Waals surface area (Å²) in [5, 5.41) is 17.8. The number of nitrogens with one attached hydrogen (secondary N) is 1. The van der Waals surface area contributed by atoms with Crippen LogP contribution >= 0.6 is 0 Å². The maximum atomic E-state index is 11.9. The summed E-state index contributed by atoms with van der Waals surface area (Å²) in [7, 11) is 0. The van der Waals surface area contributed by atoms with E-state index in [4.69, 9.17) is 4.52 Å². The Morgan fingerprint density at radius 1 is 1.35 bits per heavy atom. The van der Waals surface area contributed by atoms with Crippen molar-refractivity contribution in [1.29, 1.82) is 0 Å². The number of nitrogens with zero attached hydrogens (tertiary/aromatic N) is 1. The first kappa shape index (κ1) is 13.1.